The van der Waals surface area contributed by atoms with Crippen LogP contribution in [0.2, 0.25) is 0 Å². The molecule has 2 aliphatic rings. The monoisotopic (exact) mass is 311 g/mol. The number of ketones is 1. The Morgan fingerprint density at radius 3 is 2.43 bits per heavy atom. The van der Waals surface area contributed by atoms with Gasteiger partial charge >= 0.3 is 0 Å². The molecular formula is C20H25NO2. The third kappa shape index (κ3) is 2.62. The van der Waals surface area contributed by atoms with E-state index in [1.807, 2.05) is 30.3 Å². The van der Waals surface area contributed by atoms with Crippen LogP contribution in [0.5, 0.6) is 0 Å². The average Bonchev–Trinajstić information content (AvgIpc) is 2.87. The Kier molecular flexibility index (Phi) is 3.91. The van der Waals surface area contributed by atoms with Crippen molar-refractivity contribution in [2.45, 2.75) is 46.1 Å². The highest BCUT2D eigenvalue weighted by Gasteiger charge is 2.61. The fourth-order valence-corrected chi connectivity index (χ4v) is 4.46. The first-order valence-corrected chi connectivity index (χ1v) is 8.42. The summed E-state index contributed by atoms with van der Waals surface area (Å²) in [6, 6.07) is 9.65. The van der Waals surface area contributed by atoms with Gasteiger partial charge in [-0.1, -0.05) is 57.2 Å². The van der Waals surface area contributed by atoms with Gasteiger partial charge < -0.3 is 5.32 Å². The second-order valence-electron chi connectivity index (χ2n) is 7.74. The van der Waals surface area contributed by atoms with Crippen LogP contribution in [0.3, 0.4) is 0 Å². The zero-order valence-electron chi connectivity index (χ0n) is 14.1. The second-order valence-corrected chi connectivity index (χ2v) is 7.74. The van der Waals surface area contributed by atoms with Gasteiger partial charge in [0.15, 0.2) is 0 Å². The molecule has 23 heavy (non-hydrogen) atoms. The van der Waals surface area contributed by atoms with E-state index in [2.05, 4.69) is 26.1 Å². The summed E-state index contributed by atoms with van der Waals surface area (Å²) in [7, 11) is 0. The number of fused-ring (bicyclic) bond motifs is 2. The molecule has 2 aliphatic carbocycles. The summed E-state index contributed by atoms with van der Waals surface area (Å²) in [6.07, 6.45) is 6.41. The van der Waals surface area contributed by atoms with Gasteiger partial charge in [0, 0.05) is 6.04 Å². The van der Waals surface area contributed by atoms with Crippen molar-refractivity contribution in [3.63, 3.8) is 0 Å². The van der Waals surface area contributed by atoms with Gasteiger partial charge in [0.25, 0.3) is 5.91 Å². The van der Waals surface area contributed by atoms with Crippen molar-refractivity contribution in [1.29, 1.82) is 0 Å². The highest BCUT2D eigenvalue weighted by Crippen LogP contribution is 2.65. The first-order valence-electron chi connectivity index (χ1n) is 8.42. The molecule has 2 saturated carbocycles. The van der Waals surface area contributed by atoms with E-state index in [0.717, 1.165) is 18.4 Å². The molecule has 3 atom stereocenters. The summed E-state index contributed by atoms with van der Waals surface area (Å²) in [5.41, 5.74) is 1.24. The Morgan fingerprint density at radius 1 is 1.17 bits per heavy atom. The fraction of sp³-hybridized carbons (Fsp3) is 0.500. The summed E-state index contributed by atoms with van der Waals surface area (Å²) >= 11 is 0. The Morgan fingerprint density at radius 2 is 1.87 bits per heavy atom. The molecule has 0 aromatic heterocycles. The number of carbonyl (C=O) groups excluding carboxylic acids is 2. The molecule has 0 saturated heterocycles. The molecule has 3 nitrogen and oxygen atoms in total. The Bertz CT molecular complexity index is 647. The topological polar surface area (TPSA) is 46.2 Å². The minimum atomic E-state index is -0.480. The van der Waals surface area contributed by atoms with E-state index in [4.69, 9.17) is 0 Å². The molecule has 1 aromatic rings. The molecule has 122 valence electrons. The van der Waals surface area contributed by atoms with Crippen LogP contribution in [0.4, 0.5) is 0 Å². The van der Waals surface area contributed by atoms with Crippen LogP contribution in [0.15, 0.2) is 36.4 Å². The molecule has 0 aliphatic heterocycles. The molecule has 1 amide bonds. The van der Waals surface area contributed by atoms with Crippen LogP contribution in [0.1, 0.15) is 45.6 Å². The van der Waals surface area contributed by atoms with Crippen LogP contribution < -0.4 is 5.32 Å². The van der Waals surface area contributed by atoms with Gasteiger partial charge in [-0.25, -0.2) is 0 Å². The van der Waals surface area contributed by atoms with Crippen LogP contribution in [-0.4, -0.2) is 17.7 Å². The number of benzene rings is 1. The normalized spacial score (nSPS) is 31.4. The summed E-state index contributed by atoms with van der Waals surface area (Å²) in [5.74, 6) is -0.308. The lowest BCUT2D eigenvalue weighted by molar-refractivity contribution is -0.136. The second kappa shape index (κ2) is 5.63. The summed E-state index contributed by atoms with van der Waals surface area (Å²) in [4.78, 5) is 24.3. The van der Waals surface area contributed by atoms with Gasteiger partial charge in [-0.2, -0.15) is 0 Å². The summed E-state index contributed by atoms with van der Waals surface area (Å²) in [5, 5.41) is 3.00. The number of carbonyl (C=O) groups is 2. The quantitative estimate of drug-likeness (QED) is 0.682. The van der Waals surface area contributed by atoms with Crippen molar-refractivity contribution in [1.82, 2.24) is 5.32 Å². The lowest BCUT2D eigenvalue weighted by atomic mass is 9.69. The highest BCUT2D eigenvalue weighted by atomic mass is 16.2. The molecule has 0 radical (unpaired) electrons. The average molecular weight is 311 g/mol. The largest absolute Gasteiger partial charge is 0.346 e. The van der Waals surface area contributed by atoms with Crippen LogP contribution in [0, 0.1) is 16.7 Å². The van der Waals surface area contributed by atoms with Gasteiger partial charge in [0.1, 0.15) is 0 Å². The van der Waals surface area contributed by atoms with Gasteiger partial charge in [-0.3, -0.25) is 9.59 Å². The van der Waals surface area contributed by atoms with Gasteiger partial charge in [0.05, 0.1) is 0 Å². The number of hydrogen-bond acceptors (Lipinski definition) is 2. The van der Waals surface area contributed by atoms with Crippen molar-refractivity contribution in [3.8, 4) is 0 Å². The molecule has 1 N–H and O–H groups in total. The number of amides is 1. The van der Waals surface area contributed by atoms with Gasteiger partial charge in [-0.05, 0) is 47.6 Å². The van der Waals surface area contributed by atoms with Crippen LogP contribution >= 0.6 is 0 Å². The molecular weight excluding hydrogens is 286 g/mol. The number of nitrogens with one attached hydrogen (secondary N) is 1. The number of hydrogen-bond donors (Lipinski definition) is 1. The van der Waals surface area contributed by atoms with Gasteiger partial charge in [-0.15, -0.1) is 0 Å². The van der Waals surface area contributed by atoms with Gasteiger partial charge in [0.2, 0.25) is 5.78 Å². The molecule has 0 spiro atoms. The third-order valence-corrected chi connectivity index (χ3v) is 6.55. The lowest BCUT2D eigenvalue weighted by Gasteiger charge is -2.39. The minimum absolute atomic E-state index is 0.0940. The van der Waals surface area contributed by atoms with E-state index < -0.39 is 11.7 Å². The van der Waals surface area contributed by atoms with Crippen molar-refractivity contribution in [3.05, 3.63) is 42.0 Å². The molecule has 0 unspecified atom stereocenters. The predicted octanol–water partition coefficient (Wildman–Crippen LogP) is 3.60. The van der Waals surface area contributed by atoms with Crippen LogP contribution in [0.25, 0.3) is 6.08 Å². The molecule has 2 bridgehead atoms. The third-order valence-electron chi connectivity index (χ3n) is 6.55. The highest BCUT2D eigenvalue weighted by molar-refractivity contribution is 6.41. The Hall–Kier alpha value is -1.90. The zero-order chi connectivity index (χ0) is 16.7. The zero-order valence-corrected chi connectivity index (χ0v) is 14.1. The minimum Gasteiger partial charge on any atom is -0.346 e. The molecule has 3 rings (SSSR count). The standard InChI is InChI=1S/C20H25NO2/c1-19(2)15-11-12-20(19,3)17(13-15)21-18(23)16(22)10-9-14-7-5-4-6-8-14/h4-10,15,17H,11-13H2,1-3H3,(H,21,23)/b10-9+/t15-,17-,20-/m0/s1. The van der Waals surface area contributed by atoms with E-state index in [9.17, 15) is 9.59 Å². The SMILES string of the molecule is CC1(C)[C@H]2CC[C@@]1(C)[C@@H](NC(=O)C(=O)/C=C/c1ccccc1)C2. The maximum atomic E-state index is 12.2. The van der Waals surface area contributed by atoms with E-state index in [-0.39, 0.29) is 16.9 Å². The smallest absolute Gasteiger partial charge is 0.291 e. The Balaban J connectivity index is 1.64. The first-order chi connectivity index (χ1) is 10.8. The molecule has 2 fully saturated rings. The molecule has 0 heterocycles. The van der Waals surface area contributed by atoms with E-state index in [0.29, 0.717) is 5.92 Å². The Labute approximate surface area is 138 Å². The summed E-state index contributed by atoms with van der Waals surface area (Å²) in [6.45, 7) is 6.86. The molecule has 1 aromatic carbocycles. The van der Waals surface area contributed by atoms with E-state index in [1.54, 1.807) is 6.08 Å². The van der Waals surface area contributed by atoms with Crippen molar-refractivity contribution >= 4 is 17.8 Å². The van der Waals surface area contributed by atoms with E-state index in [1.165, 1.54) is 12.5 Å². The van der Waals surface area contributed by atoms with Crippen molar-refractivity contribution in [2.75, 3.05) is 0 Å². The molecule has 3 heteroatoms. The maximum absolute atomic E-state index is 12.2. The summed E-state index contributed by atoms with van der Waals surface area (Å²) < 4.78 is 0. The first kappa shape index (κ1) is 16.0. The fourth-order valence-electron chi connectivity index (χ4n) is 4.46. The predicted molar refractivity (Wildman–Crippen MR) is 91.6 cm³/mol. The van der Waals surface area contributed by atoms with Crippen molar-refractivity contribution < 1.29 is 9.59 Å². The number of rotatable bonds is 4. The van der Waals surface area contributed by atoms with E-state index >= 15 is 0 Å². The van der Waals surface area contributed by atoms with Crippen LogP contribution in [-0.2, 0) is 9.59 Å². The lowest BCUT2D eigenvalue weighted by Crippen LogP contribution is -2.48. The maximum Gasteiger partial charge on any atom is 0.291 e. The van der Waals surface area contributed by atoms with Crippen molar-refractivity contribution in [2.24, 2.45) is 16.7 Å².